The van der Waals surface area contributed by atoms with Crippen molar-refractivity contribution in [3.8, 4) is 0 Å². The van der Waals surface area contributed by atoms with Crippen LogP contribution in [0, 0.1) is 10.8 Å². The molecule has 47 heavy (non-hydrogen) atoms. The molecule has 1 heterocycles. The molecule has 1 fully saturated rings. The number of benzene rings is 2. The Labute approximate surface area is 284 Å². The van der Waals surface area contributed by atoms with Crippen LogP contribution < -0.4 is 32.8 Å². The first-order chi connectivity index (χ1) is 21.4. The van der Waals surface area contributed by atoms with Crippen LogP contribution >= 0.6 is 24.8 Å². The Balaban J connectivity index is 0.00000552. The minimum atomic E-state index is -1.86. The van der Waals surface area contributed by atoms with Gasteiger partial charge in [0, 0.05) is 42.1 Å². The zero-order chi connectivity index (χ0) is 33.1. The molecule has 0 aromatic heterocycles. The van der Waals surface area contributed by atoms with Crippen molar-refractivity contribution in [2.24, 2.45) is 11.5 Å². The van der Waals surface area contributed by atoms with E-state index in [0.717, 1.165) is 0 Å². The fourth-order valence-electron chi connectivity index (χ4n) is 4.87. The second kappa shape index (κ2) is 18.3. The lowest BCUT2D eigenvalue weighted by Crippen LogP contribution is -2.73. The second-order valence-corrected chi connectivity index (χ2v) is 10.1. The number of Topliss-reactive ketones (excluding diaryl/α,β-unsaturated/α-hetero) is 1. The number of piperazine rings is 1. The van der Waals surface area contributed by atoms with Crippen molar-refractivity contribution in [1.82, 2.24) is 20.7 Å². The highest BCUT2D eigenvalue weighted by Gasteiger charge is 2.54. The van der Waals surface area contributed by atoms with Crippen LogP contribution in [0.5, 0.6) is 0 Å². The van der Waals surface area contributed by atoms with Gasteiger partial charge >= 0.3 is 5.97 Å². The largest absolute Gasteiger partial charge is 0.465 e. The highest BCUT2D eigenvalue weighted by Crippen LogP contribution is 2.29. The molecule has 0 spiro atoms. The number of esters is 1. The standard InChI is InChI=1S/C29H38N10O6.2ClH/c1-3-45-23(41)17-38-15-16-39(37-25(43)20-7-11-22(12-8-20)36-28(32)33)29(18(2)40,26(38)44)13-4-14-34-24(42)19-5-9-21(10-6-19)35-27(30)31;;/h5-12H,3-4,13-17H2,1-2H3,(H,34,42)(H,37,43)(H4,30,31,35)(H4,32,33,36);2*1H/t29-;;/m0../s1. The lowest BCUT2D eigenvalue weighted by atomic mass is 9.84. The second-order valence-electron chi connectivity index (χ2n) is 10.1. The van der Waals surface area contributed by atoms with Crippen LogP contribution in [0.25, 0.3) is 0 Å². The molecule has 3 rings (SSSR count). The summed E-state index contributed by atoms with van der Waals surface area (Å²) in [5.74, 6) is -3.34. The zero-order valence-electron chi connectivity index (χ0n) is 25.9. The molecule has 0 unspecified atom stereocenters. The number of nitrogens with zero attached hydrogens (tertiary/aromatic N) is 2. The lowest BCUT2D eigenvalue weighted by Gasteiger charge is -2.47. The predicted octanol–water partition coefficient (Wildman–Crippen LogP) is 1.03. The number of anilines is 2. The van der Waals surface area contributed by atoms with E-state index in [1.807, 2.05) is 0 Å². The van der Waals surface area contributed by atoms with E-state index in [2.05, 4.69) is 21.4 Å². The van der Waals surface area contributed by atoms with E-state index in [1.165, 1.54) is 29.0 Å². The molecule has 16 nitrogen and oxygen atoms in total. The van der Waals surface area contributed by atoms with Crippen LogP contribution in [-0.4, -0.2) is 89.6 Å². The van der Waals surface area contributed by atoms with Crippen LogP contribution in [-0.2, 0) is 19.1 Å². The summed E-state index contributed by atoms with van der Waals surface area (Å²) in [5, 5.41) is 23.9. The number of nitrogens with two attached hydrogens (primary N) is 2. The van der Waals surface area contributed by atoms with Crippen LogP contribution in [0.15, 0.2) is 48.5 Å². The summed E-state index contributed by atoms with van der Waals surface area (Å²) in [5.41, 5.74) is 13.1. The molecule has 256 valence electrons. The number of ether oxygens (including phenoxy) is 1. The quantitative estimate of drug-likeness (QED) is 0.0483. The summed E-state index contributed by atoms with van der Waals surface area (Å²) in [6, 6.07) is 12.4. The minimum Gasteiger partial charge on any atom is -0.465 e. The highest BCUT2D eigenvalue weighted by atomic mass is 35.5. The van der Waals surface area contributed by atoms with Gasteiger partial charge in [0.25, 0.3) is 17.7 Å². The first-order valence-electron chi connectivity index (χ1n) is 14.1. The molecule has 3 amide bonds. The first-order valence-corrected chi connectivity index (χ1v) is 14.1. The molecule has 1 aliphatic heterocycles. The molecule has 0 radical (unpaired) electrons. The average molecular weight is 696 g/mol. The summed E-state index contributed by atoms with van der Waals surface area (Å²) < 4.78 is 5.00. The fourth-order valence-corrected chi connectivity index (χ4v) is 4.87. The third-order valence-electron chi connectivity index (χ3n) is 6.99. The molecule has 1 saturated heterocycles. The Morgan fingerprint density at radius 1 is 0.872 bits per heavy atom. The minimum absolute atomic E-state index is 0. The maximum absolute atomic E-state index is 13.9. The first kappa shape index (κ1) is 40.1. The Bertz CT molecular complexity index is 1460. The third-order valence-corrected chi connectivity index (χ3v) is 6.99. The Kier molecular flexibility index (Phi) is 15.6. The molecule has 0 aliphatic carbocycles. The molecule has 2 aromatic carbocycles. The molecule has 0 saturated carbocycles. The van der Waals surface area contributed by atoms with Crippen molar-refractivity contribution < 1.29 is 28.7 Å². The lowest BCUT2D eigenvalue weighted by molar-refractivity contribution is -0.166. The number of ketones is 1. The third kappa shape index (κ3) is 10.6. The molecule has 1 aliphatic rings. The SMILES string of the molecule is CCOC(=O)CN1CCN(NC(=O)c2ccc(NC(=N)N)cc2)[C@@](CCCNC(=O)c2ccc(NC(=N)N)cc2)(C(C)=O)C1=O.Cl.Cl. The number of hydrogen-bond acceptors (Lipinski definition) is 9. The van der Waals surface area contributed by atoms with E-state index in [9.17, 15) is 24.0 Å². The monoisotopic (exact) mass is 694 g/mol. The summed E-state index contributed by atoms with van der Waals surface area (Å²) in [4.78, 5) is 66.6. The summed E-state index contributed by atoms with van der Waals surface area (Å²) >= 11 is 0. The van der Waals surface area contributed by atoms with Gasteiger partial charge in [0.05, 0.1) is 6.61 Å². The number of hydrazine groups is 1. The molecule has 18 heteroatoms. The normalized spacial score (nSPS) is 15.6. The maximum atomic E-state index is 13.9. The van der Waals surface area contributed by atoms with Gasteiger partial charge in [-0.1, -0.05) is 0 Å². The maximum Gasteiger partial charge on any atom is 0.325 e. The van der Waals surface area contributed by atoms with Crippen LogP contribution in [0.4, 0.5) is 11.4 Å². The fraction of sp³-hybridized carbons (Fsp3) is 0.345. The van der Waals surface area contributed by atoms with E-state index in [0.29, 0.717) is 16.9 Å². The molecule has 0 bridgehead atoms. The van der Waals surface area contributed by atoms with Gasteiger partial charge in [0.15, 0.2) is 23.2 Å². The van der Waals surface area contributed by atoms with Gasteiger partial charge in [-0.25, -0.2) is 0 Å². The molecule has 2 aromatic rings. The number of carbonyl (C=O) groups is 5. The molecular formula is C29H40Cl2N10O6. The van der Waals surface area contributed by atoms with Crippen molar-refractivity contribution in [1.29, 1.82) is 10.8 Å². The number of rotatable bonds is 13. The topological polar surface area (TPSA) is 249 Å². The average Bonchev–Trinajstić information content (AvgIpc) is 2.98. The predicted molar refractivity (Wildman–Crippen MR) is 181 cm³/mol. The summed E-state index contributed by atoms with van der Waals surface area (Å²) in [6.07, 6.45) is 0.0933. The van der Waals surface area contributed by atoms with E-state index >= 15 is 0 Å². The highest BCUT2D eigenvalue weighted by molar-refractivity contribution is 6.11. The van der Waals surface area contributed by atoms with E-state index < -0.39 is 35.0 Å². The smallest absolute Gasteiger partial charge is 0.325 e. The number of guanidine groups is 2. The van der Waals surface area contributed by atoms with E-state index in [-0.39, 0.29) is 87.9 Å². The Morgan fingerprint density at radius 3 is 1.85 bits per heavy atom. The van der Waals surface area contributed by atoms with Crippen molar-refractivity contribution in [3.63, 3.8) is 0 Å². The Hall–Kier alpha value is -4.93. The van der Waals surface area contributed by atoms with Crippen molar-refractivity contribution in [2.45, 2.75) is 32.2 Å². The number of nitrogens with one attached hydrogen (secondary N) is 6. The number of carbonyl (C=O) groups excluding carboxylic acids is 5. The van der Waals surface area contributed by atoms with E-state index in [4.69, 9.17) is 27.0 Å². The van der Waals surface area contributed by atoms with Crippen LogP contribution in [0.1, 0.15) is 47.4 Å². The van der Waals surface area contributed by atoms with Gasteiger partial charge in [-0.15, -0.1) is 24.8 Å². The van der Waals surface area contributed by atoms with Gasteiger partial charge < -0.3 is 37.1 Å². The van der Waals surface area contributed by atoms with E-state index in [1.54, 1.807) is 43.3 Å². The van der Waals surface area contributed by atoms with Crippen molar-refractivity contribution >= 4 is 77.6 Å². The molecular weight excluding hydrogens is 655 g/mol. The number of amides is 3. The van der Waals surface area contributed by atoms with Gasteiger partial charge in [0.2, 0.25) is 0 Å². The number of halogens is 2. The van der Waals surface area contributed by atoms with Crippen molar-refractivity contribution in [3.05, 3.63) is 59.7 Å². The van der Waals surface area contributed by atoms with Gasteiger partial charge in [0.1, 0.15) is 6.54 Å². The molecule has 1 atom stereocenters. The van der Waals surface area contributed by atoms with Gasteiger partial charge in [-0.3, -0.25) is 40.2 Å². The zero-order valence-corrected chi connectivity index (χ0v) is 27.5. The summed E-state index contributed by atoms with van der Waals surface area (Å²) in [7, 11) is 0. The Morgan fingerprint density at radius 2 is 1.38 bits per heavy atom. The van der Waals surface area contributed by atoms with Gasteiger partial charge in [-0.05, 0) is 75.2 Å². The van der Waals surface area contributed by atoms with Crippen LogP contribution in [0.3, 0.4) is 0 Å². The number of hydrogen-bond donors (Lipinski definition) is 8. The molecule has 10 N–H and O–H groups in total. The van der Waals surface area contributed by atoms with Crippen molar-refractivity contribution in [2.75, 3.05) is 43.4 Å². The summed E-state index contributed by atoms with van der Waals surface area (Å²) in [6.45, 7) is 2.81. The van der Waals surface area contributed by atoms with Gasteiger partial charge in [-0.2, -0.15) is 5.01 Å². The van der Waals surface area contributed by atoms with Crippen LogP contribution in [0.2, 0.25) is 0 Å².